The Labute approximate surface area is 168 Å². The van der Waals surface area contributed by atoms with Crippen LogP contribution in [-0.2, 0) is 14.8 Å². The molecule has 2 aromatic carbocycles. The summed E-state index contributed by atoms with van der Waals surface area (Å²) in [5, 5.41) is 2.39. The average Bonchev–Trinajstić information content (AvgIpc) is 2.70. The summed E-state index contributed by atoms with van der Waals surface area (Å²) in [4.78, 5) is 12.1. The topological polar surface area (TPSA) is 75.7 Å². The fraction of sp³-hybridized carbons (Fsp3) is 0.350. The van der Waals surface area contributed by atoms with Gasteiger partial charge in [0.25, 0.3) is 5.91 Å². The van der Waals surface area contributed by atoms with Crippen molar-refractivity contribution in [1.82, 2.24) is 4.31 Å². The highest BCUT2D eigenvalue weighted by atomic mass is 32.2. The van der Waals surface area contributed by atoms with Gasteiger partial charge >= 0.3 is 0 Å². The normalized spacial score (nSPS) is 15.8. The summed E-state index contributed by atoms with van der Waals surface area (Å²) in [5.41, 5.74) is 0.106. The Hall–Kier alpha value is -2.52. The summed E-state index contributed by atoms with van der Waals surface area (Å²) in [6.45, 7) is 2.76. The molecule has 0 radical (unpaired) electrons. The Bertz CT molecular complexity index is 972. The molecule has 0 aromatic heterocycles. The fourth-order valence-corrected chi connectivity index (χ4v) is 4.47. The zero-order valence-electron chi connectivity index (χ0n) is 15.9. The molecule has 0 unspecified atom stereocenters. The Kier molecular flexibility index (Phi) is 6.49. The zero-order chi connectivity index (χ0) is 21.0. The maximum Gasteiger partial charge on any atom is 0.262 e. The van der Waals surface area contributed by atoms with Gasteiger partial charge in [-0.05, 0) is 55.2 Å². The molecule has 1 amide bonds. The van der Waals surface area contributed by atoms with Gasteiger partial charge in [0, 0.05) is 24.8 Å². The zero-order valence-corrected chi connectivity index (χ0v) is 16.7. The van der Waals surface area contributed by atoms with E-state index in [-0.39, 0.29) is 17.2 Å². The Morgan fingerprint density at radius 3 is 2.38 bits per heavy atom. The van der Waals surface area contributed by atoms with E-state index >= 15 is 0 Å². The van der Waals surface area contributed by atoms with Crippen LogP contribution in [0.1, 0.15) is 19.8 Å². The van der Waals surface area contributed by atoms with E-state index < -0.39 is 27.6 Å². The number of benzene rings is 2. The molecule has 1 fully saturated rings. The molecule has 2 aromatic rings. The number of hydrogen-bond acceptors (Lipinski definition) is 4. The molecule has 3 rings (SSSR count). The van der Waals surface area contributed by atoms with Crippen molar-refractivity contribution >= 4 is 21.6 Å². The average molecular weight is 424 g/mol. The number of carbonyl (C=O) groups excluding carboxylic acids is 1. The number of nitrogens with zero attached hydrogens (tertiary/aromatic N) is 1. The van der Waals surface area contributed by atoms with E-state index in [4.69, 9.17) is 4.74 Å². The molecule has 1 aliphatic heterocycles. The van der Waals surface area contributed by atoms with Gasteiger partial charge in [0.1, 0.15) is 5.75 Å². The van der Waals surface area contributed by atoms with Crippen molar-refractivity contribution in [2.24, 2.45) is 5.92 Å². The minimum absolute atomic E-state index is 0.106. The Balaban J connectivity index is 1.56. The van der Waals surface area contributed by atoms with E-state index in [1.165, 1.54) is 34.6 Å². The molecule has 1 heterocycles. The van der Waals surface area contributed by atoms with Crippen LogP contribution in [-0.4, -0.2) is 38.3 Å². The van der Waals surface area contributed by atoms with Crippen LogP contribution in [0.25, 0.3) is 0 Å². The SMILES string of the molecule is CC1CCN(S(=O)(=O)c2ccc(OCC(=O)Nc3ccc(F)c(F)c3)cc2)CC1. The van der Waals surface area contributed by atoms with Crippen molar-refractivity contribution in [2.75, 3.05) is 25.0 Å². The van der Waals surface area contributed by atoms with Gasteiger partial charge in [0.2, 0.25) is 10.0 Å². The van der Waals surface area contributed by atoms with E-state index in [0.717, 1.165) is 25.0 Å². The highest BCUT2D eigenvalue weighted by Crippen LogP contribution is 2.24. The molecule has 0 bridgehead atoms. The van der Waals surface area contributed by atoms with Gasteiger partial charge in [-0.25, -0.2) is 17.2 Å². The third-order valence-electron chi connectivity index (χ3n) is 4.78. The molecule has 0 aliphatic carbocycles. The standard InChI is InChI=1S/C20H22F2N2O4S/c1-14-8-10-24(11-9-14)29(26,27)17-5-3-16(4-6-17)28-13-20(25)23-15-2-7-18(21)19(22)12-15/h2-7,12,14H,8-11,13H2,1H3,(H,23,25). The van der Waals surface area contributed by atoms with E-state index in [1.54, 1.807) is 0 Å². The van der Waals surface area contributed by atoms with Crippen molar-refractivity contribution in [3.63, 3.8) is 0 Å². The van der Waals surface area contributed by atoms with Gasteiger partial charge in [-0.1, -0.05) is 6.92 Å². The highest BCUT2D eigenvalue weighted by molar-refractivity contribution is 7.89. The summed E-state index contributed by atoms with van der Waals surface area (Å²) in [7, 11) is -3.55. The minimum Gasteiger partial charge on any atom is -0.484 e. The number of ether oxygens (including phenoxy) is 1. The molecule has 0 saturated carbocycles. The van der Waals surface area contributed by atoms with Crippen LogP contribution >= 0.6 is 0 Å². The third kappa shape index (κ3) is 5.30. The number of amides is 1. The first-order chi connectivity index (χ1) is 13.8. The van der Waals surface area contributed by atoms with Crippen LogP contribution in [0.4, 0.5) is 14.5 Å². The van der Waals surface area contributed by atoms with E-state index in [0.29, 0.717) is 24.8 Å². The molecule has 1 N–H and O–H groups in total. The quantitative estimate of drug-likeness (QED) is 0.771. The fourth-order valence-electron chi connectivity index (χ4n) is 3.00. The van der Waals surface area contributed by atoms with E-state index in [9.17, 15) is 22.0 Å². The van der Waals surface area contributed by atoms with Crippen molar-refractivity contribution in [2.45, 2.75) is 24.7 Å². The lowest BCUT2D eigenvalue weighted by Crippen LogP contribution is -2.37. The molecule has 29 heavy (non-hydrogen) atoms. The molecular weight excluding hydrogens is 402 g/mol. The van der Waals surface area contributed by atoms with Gasteiger partial charge in [0.15, 0.2) is 18.2 Å². The number of rotatable bonds is 6. The first-order valence-corrected chi connectivity index (χ1v) is 10.7. The first kappa shape index (κ1) is 21.2. The van der Waals surface area contributed by atoms with Gasteiger partial charge in [-0.15, -0.1) is 0 Å². The van der Waals surface area contributed by atoms with E-state index in [2.05, 4.69) is 12.2 Å². The van der Waals surface area contributed by atoms with Crippen LogP contribution in [0, 0.1) is 17.6 Å². The molecular formula is C20H22F2N2O4S. The number of piperidine rings is 1. The maximum absolute atomic E-state index is 13.2. The third-order valence-corrected chi connectivity index (χ3v) is 6.69. The smallest absolute Gasteiger partial charge is 0.262 e. The number of halogens is 2. The molecule has 1 aliphatic rings. The summed E-state index contributed by atoms with van der Waals surface area (Å²) < 4.78 is 58.3. The van der Waals surface area contributed by atoms with Crippen molar-refractivity contribution in [3.8, 4) is 5.75 Å². The number of sulfonamides is 1. The van der Waals surface area contributed by atoms with Crippen LogP contribution in [0.2, 0.25) is 0 Å². The second-order valence-electron chi connectivity index (χ2n) is 7.02. The lowest BCUT2D eigenvalue weighted by molar-refractivity contribution is -0.118. The summed E-state index contributed by atoms with van der Waals surface area (Å²) in [6.07, 6.45) is 1.68. The monoisotopic (exact) mass is 424 g/mol. The molecule has 156 valence electrons. The maximum atomic E-state index is 13.2. The van der Waals surface area contributed by atoms with Crippen LogP contribution in [0.3, 0.4) is 0 Å². The van der Waals surface area contributed by atoms with Crippen LogP contribution in [0.15, 0.2) is 47.4 Å². The van der Waals surface area contributed by atoms with Gasteiger partial charge in [-0.2, -0.15) is 4.31 Å². The second kappa shape index (κ2) is 8.87. The van der Waals surface area contributed by atoms with Crippen molar-refractivity contribution < 1.29 is 26.7 Å². The van der Waals surface area contributed by atoms with Crippen molar-refractivity contribution in [3.05, 3.63) is 54.1 Å². The minimum atomic E-state index is -3.55. The molecule has 9 heteroatoms. The summed E-state index contributed by atoms with van der Waals surface area (Å²) >= 11 is 0. The van der Waals surface area contributed by atoms with Gasteiger partial charge in [-0.3, -0.25) is 4.79 Å². The molecule has 1 saturated heterocycles. The predicted molar refractivity (Wildman–Crippen MR) is 104 cm³/mol. The lowest BCUT2D eigenvalue weighted by Gasteiger charge is -2.29. The predicted octanol–water partition coefficient (Wildman–Crippen LogP) is 3.40. The second-order valence-corrected chi connectivity index (χ2v) is 8.96. The largest absolute Gasteiger partial charge is 0.484 e. The van der Waals surface area contributed by atoms with Crippen molar-refractivity contribution in [1.29, 1.82) is 0 Å². The molecule has 6 nitrogen and oxygen atoms in total. The molecule has 0 spiro atoms. The highest BCUT2D eigenvalue weighted by Gasteiger charge is 2.27. The van der Waals surface area contributed by atoms with Gasteiger partial charge in [0.05, 0.1) is 4.90 Å². The molecule has 0 atom stereocenters. The Morgan fingerprint density at radius 2 is 1.76 bits per heavy atom. The number of nitrogens with one attached hydrogen (secondary N) is 1. The lowest BCUT2D eigenvalue weighted by atomic mass is 10.0. The summed E-state index contributed by atoms with van der Waals surface area (Å²) in [5.74, 6) is -1.79. The number of anilines is 1. The number of hydrogen-bond donors (Lipinski definition) is 1. The Morgan fingerprint density at radius 1 is 1.10 bits per heavy atom. The van der Waals surface area contributed by atoms with Gasteiger partial charge < -0.3 is 10.1 Å². The van der Waals surface area contributed by atoms with E-state index in [1.807, 2.05) is 0 Å². The van der Waals surface area contributed by atoms with Crippen LogP contribution in [0.5, 0.6) is 5.75 Å². The summed E-state index contributed by atoms with van der Waals surface area (Å²) in [6, 6.07) is 8.85. The number of carbonyl (C=O) groups is 1. The first-order valence-electron chi connectivity index (χ1n) is 9.23. The van der Waals surface area contributed by atoms with Crippen LogP contribution < -0.4 is 10.1 Å².